The number of carboxylic acids is 1. The maximum absolute atomic E-state index is 10.9. The second-order valence-corrected chi connectivity index (χ2v) is 4.14. The van der Waals surface area contributed by atoms with Crippen molar-refractivity contribution in [2.75, 3.05) is 0 Å². The Labute approximate surface area is 114 Å². The molecule has 0 saturated heterocycles. The summed E-state index contributed by atoms with van der Waals surface area (Å²) in [4.78, 5) is 25.7. The van der Waals surface area contributed by atoms with Crippen LogP contribution in [0.1, 0.15) is 26.3 Å². The normalized spacial score (nSPS) is 10.1. The van der Waals surface area contributed by atoms with Gasteiger partial charge in [0.05, 0.1) is 5.56 Å². The number of nitrogens with zero attached hydrogens (tertiary/aromatic N) is 1. The number of ether oxygens (including phenoxy) is 1. The molecular formula is C14H12N2O4. The van der Waals surface area contributed by atoms with Gasteiger partial charge in [-0.15, -0.1) is 0 Å². The van der Waals surface area contributed by atoms with Crippen molar-refractivity contribution in [3.05, 3.63) is 53.2 Å². The number of primary amides is 1. The fraction of sp³-hybridized carbons (Fsp3) is 0.0714. The zero-order chi connectivity index (χ0) is 14.7. The topological polar surface area (TPSA) is 103 Å². The van der Waals surface area contributed by atoms with Crippen molar-refractivity contribution >= 4 is 11.9 Å². The summed E-state index contributed by atoms with van der Waals surface area (Å²) in [6.07, 6.45) is 1.22. The van der Waals surface area contributed by atoms with E-state index in [4.69, 9.17) is 15.6 Å². The number of aromatic carboxylic acids is 1. The minimum Gasteiger partial charge on any atom is -0.478 e. The van der Waals surface area contributed by atoms with Gasteiger partial charge in [0.2, 0.25) is 11.8 Å². The highest BCUT2D eigenvalue weighted by molar-refractivity contribution is 5.92. The lowest BCUT2D eigenvalue weighted by atomic mass is 10.2. The molecule has 0 aliphatic heterocycles. The zero-order valence-electron chi connectivity index (χ0n) is 10.7. The molecule has 0 fully saturated rings. The highest BCUT2D eigenvalue weighted by atomic mass is 16.5. The van der Waals surface area contributed by atoms with E-state index in [-0.39, 0.29) is 5.56 Å². The molecule has 0 aliphatic rings. The second kappa shape index (κ2) is 5.40. The summed E-state index contributed by atoms with van der Waals surface area (Å²) in [6, 6.07) is 7.73. The minimum atomic E-state index is -1.04. The van der Waals surface area contributed by atoms with Crippen molar-refractivity contribution in [1.82, 2.24) is 4.98 Å². The molecule has 0 atom stereocenters. The molecule has 1 aromatic heterocycles. The number of hydrogen-bond acceptors (Lipinski definition) is 4. The monoisotopic (exact) mass is 272 g/mol. The molecule has 0 bridgehead atoms. The first-order valence-corrected chi connectivity index (χ1v) is 5.75. The minimum absolute atomic E-state index is 0.0962. The van der Waals surface area contributed by atoms with E-state index in [2.05, 4.69) is 4.98 Å². The average Bonchev–Trinajstić information content (AvgIpc) is 2.41. The number of hydrogen-bond donors (Lipinski definition) is 2. The third-order valence-corrected chi connectivity index (χ3v) is 2.63. The summed E-state index contributed by atoms with van der Waals surface area (Å²) in [5.41, 5.74) is 6.21. The van der Waals surface area contributed by atoms with Gasteiger partial charge >= 0.3 is 5.97 Å². The third kappa shape index (κ3) is 2.92. The number of carbonyl (C=O) groups is 2. The molecule has 2 rings (SSSR count). The molecule has 102 valence electrons. The third-order valence-electron chi connectivity index (χ3n) is 2.63. The summed E-state index contributed by atoms with van der Waals surface area (Å²) in [5, 5.41) is 8.85. The Morgan fingerprint density at radius 3 is 2.35 bits per heavy atom. The first-order chi connectivity index (χ1) is 9.47. The van der Waals surface area contributed by atoms with Gasteiger partial charge in [-0.3, -0.25) is 4.79 Å². The van der Waals surface area contributed by atoms with Gasteiger partial charge in [0.15, 0.2) is 0 Å². The Hall–Kier alpha value is -2.89. The molecule has 6 heteroatoms. The van der Waals surface area contributed by atoms with Gasteiger partial charge in [0, 0.05) is 17.3 Å². The molecule has 0 unspecified atom stereocenters. The molecule has 2 aromatic rings. The predicted octanol–water partition coefficient (Wildman–Crippen LogP) is 1.98. The van der Waals surface area contributed by atoms with Crippen LogP contribution in [0, 0.1) is 6.92 Å². The van der Waals surface area contributed by atoms with E-state index in [1.165, 1.54) is 12.3 Å². The van der Waals surface area contributed by atoms with Crippen molar-refractivity contribution < 1.29 is 19.4 Å². The molecular weight excluding hydrogens is 260 g/mol. The lowest BCUT2D eigenvalue weighted by Crippen LogP contribution is -2.10. The molecule has 1 amide bonds. The smallest absolute Gasteiger partial charge is 0.337 e. The molecule has 6 nitrogen and oxygen atoms in total. The molecule has 3 N–H and O–H groups in total. The molecule has 20 heavy (non-hydrogen) atoms. The molecule has 0 radical (unpaired) electrons. The summed E-state index contributed by atoms with van der Waals surface area (Å²) < 4.78 is 5.52. The van der Waals surface area contributed by atoms with E-state index in [1.807, 2.05) is 0 Å². The van der Waals surface area contributed by atoms with Crippen LogP contribution < -0.4 is 10.5 Å². The van der Waals surface area contributed by atoms with E-state index in [1.54, 1.807) is 31.2 Å². The molecule has 0 spiro atoms. The summed E-state index contributed by atoms with van der Waals surface area (Å²) in [6.45, 7) is 1.70. The highest BCUT2D eigenvalue weighted by Gasteiger charge is 2.09. The van der Waals surface area contributed by atoms with E-state index in [9.17, 15) is 9.59 Å². The van der Waals surface area contributed by atoms with Gasteiger partial charge in [-0.1, -0.05) is 0 Å². The second-order valence-electron chi connectivity index (χ2n) is 4.14. The molecule has 1 aromatic carbocycles. The van der Waals surface area contributed by atoms with Gasteiger partial charge in [-0.2, -0.15) is 0 Å². The van der Waals surface area contributed by atoms with Gasteiger partial charge < -0.3 is 15.6 Å². The van der Waals surface area contributed by atoms with Crippen molar-refractivity contribution in [3.63, 3.8) is 0 Å². The number of rotatable bonds is 4. The quantitative estimate of drug-likeness (QED) is 0.885. The average molecular weight is 272 g/mol. The predicted molar refractivity (Wildman–Crippen MR) is 71.0 cm³/mol. The molecule has 0 aliphatic carbocycles. The first-order valence-electron chi connectivity index (χ1n) is 5.75. The van der Waals surface area contributed by atoms with Gasteiger partial charge in [-0.05, 0) is 37.3 Å². The Morgan fingerprint density at radius 1 is 1.20 bits per heavy atom. The SMILES string of the molecule is Cc1cc(C(=O)O)cnc1Oc1ccc(C(N)=O)cc1. The van der Waals surface area contributed by atoms with Crippen LogP contribution in [0.5, 0.6) is 11.6 Å². The molecule has 0 saturated carbocycles. The standard InChI is InChI=1S/C14H12N2O4/c1-8-6-10(14(18)19)7-16-13(8)20-11-4-2-9(3-5-11)12(15)17/h2-7H,1H3,(H2,15,17)(H,18,19). The Balaban J connectivity index is 2.21. The van der Waals surface area contributed by atoms with Crippen molar-refractivity contribution in [2.24, 2.45) is 5.73 Å². The lowest BCUT2D eigenvalue weighted by molar-refractivity contribution is 0.0696. The maximum atomic E-state index is 10.9. The number of aryl methyl sites for hydroxylation is 1. The van der Waals surface area contributed by atoms with Gasteiger partial charge in [0.25, 0.3) is 0 Å². The molecule has 1 heterocycles. The van der Waals surface area contributed by atoms with Crippen molar-refractivity contribution in [2.45, 2.75) is 6.92 Å². The number of aromatic nitrogens is 1. The number of nitrogens with two attached hydrogens (primary N) is 1. The number of carboxylic acid groups (broad SMARTS) is 1. The van der Waals surface area contributed by atoms with E-state index >= 15 is 0 Å². The fourth-order valence-electron chi connectivity index (χ4n) is 1.58. The first kappa shape index (κ1) is 13.5. The Kier molecular flexibility index (Phi) is 3.65. The van der Waals surface area contributed by atoms with Crippen LogP contribution >= 0.6 is 0 Å². The maximum Gasteiger partial charge on any atom is 0.337 e. The number of pyridine rings is 1. The van der Waals surface area contributed by atoms with Crippen LogP contribution in [0.25, 0.3) is 0 Å². The van der Waals surface area contributed by atoms with Crippen LogP contribution in [0.3, 0.4) is 0 Å². The van der Waals surface area contributed by atoms with Crippen LogP contribution in [0.4, 0.5) is 0 Å². The van der Waals surface area contributed by atoms with Gasteiger partial charge in [0.1, 0.15) is 5.75 Å². The number of amides is 1. The van der Waals surface area contributed by atoms with Crippen LogP contribution in [-0.2, 0) is 0 Å². The summed E-state index contributed by atoms with van der Waals surface area (Å²) in [7, 11) is 0. The summed E-state index contributed by atoms with van der Waals surface area (Å²) in [5.74, 6) is -0.773. The van der Waals surface area contributed by atoms with Crippen LogP contribution in [0.15, 0.2) is 36.5 Å². The number of benzene rings is 1. The van der Waals surface area contributed by atoms with Gasteiger partial charge in [-0.25, -0.2) is 9.78 Å². The number of carbonyl (C=O) groups excluding carboxylic acids is 1. The zero-order valence-corrected chi connectivity index (χ0v) is 10.7. The lowest BCUT2D eigenvalue weighted by Gasteiger charge is -2.08. The fourth-order valence-corrected chi connectivity index (χ4v) is 1.58. The van der Waals surface area contributed by atoms with Crippen LogP contribution in [0.2, 0.25) is 0 Å². The van der Waals surface area contributed by atoms with Crippen LogP contribution in [-0.4, -0.2) is 22.0 Å². The highest BCUT2D eigenvalue weighted by Crippen LogP contribution is 2.23. The van der Waals surface area contributed by atoms with Crippen molar-refractivity contribution in [3.8, 4) is 11.6 Å². The Bertz CT molecular complexity index is 665. The summed E-state index contributed by atoms with van der Waals surface area (Å²) >= 11 is 0. The van der Waals surface area contributed by atoms with E-state index in [0.29, 0.717) is 22.8 Å². The van der Waals surface area contributed by atoms with E-state index < -0.39 is 11.9 Å². The van der Waals surface area contributed by atoms with Crippen molar-refractivity contribution in [1.29, 1.82) is 0 Å². The Morgan fingerprint density at radius 2 is 1.85 bits per heavy atom. The van der Waals surface area contributed by atoms with E-state index in [0.717, 1.165) is 0 Å². The largest absolute Gasteiger partial charge is 0.478 e.